The van der Waals surface area contributed by atoms with E-state index in [1.165, 1.54) is 11.1 Å². The molecule has 0 heterocycles. The highest BCUT2D eigenvalue weighted by Crippen LogP contribution is 2.30. The quantitative estimate of drug-likeness (QED) is 0.883. The van der Waals surface area contributed by atoms with E-state index >= 15 is 0 Å². The molecule has 1 N–H and O–H groups in total. The second-order valence-corrected chi connectivity index (χ2v) is 6.14. The Labute approximate surface area is 143 Å². The van der Waals surface area contributed by atoms with Crippen LogP contribution in [0.3, 0.4) is 0 Å². The van der Waals surface area contributed by atoms with Gasteiger partial charge in [0, 0.05) is 20.2 Å². The van der Waals surface area contributed by atoms with Crippen molar-refractivity contribution in [3.63, 3.8) is 0 Å². The highest BCUT2D eigenvalue weighted by atomic mass is 16.5. The number of nitrogens with one attached hydrogen (secondary N) is 1. The summed E-state index contributed by atoms with van der Waals surface area (Å²) in [6.45, 7) is 1.69. The van der Waals surface area contributed by atoms with E-state index in [-0.39, 0.29) is 12.1 Å². The molecule has 4 heteroatoms. The number of carbonyl (C=O) groups is 1. The molecule has 1 atom stereocenters. The van der Waals surface area contributed by atoms with Gasteiger partial charge in [0.1, 0.15) is 0 Å². The van der Waals surface area contributed by atoms with Crippen molar-refractivity contribution in [1.29, 1.82) is 0 Å². The molecule has 2 aromatic rings. The molecule has 2 amide bonds. The van der Waals surface area contributed by atoms with Crippen LogP contribution in [0.25, 0.3) is 0 Å². The number of carbonyl (C=O) groups excluding carboxylic acids is 1. The number of amides is 2. The van der Waals surface area contributed by atoms with Gasteiger partial charge < -0.3 is 15.0 Å². The summed E-state index contributed by atoms with van der Waals surface area (Å²) in [5, 5.41) is 3.20. The third-order valence-corrected chi connectivity index (χ3v) is 4.50. The fourth-order valence-electron chi connectivity index (χ4n) is 3.21. The van der Waals surface area contributed by atoms with E-state index in [9.17, 15) is 4.79 Å². The summed E-state index contributed by atoms with van der Waals surface area (Å²) in [6, 6.07) is 18.5. The zero-order valence-electron chi connectivity index (χ0n) is 14.1. The summed E-state index contributed by atoms with van der Waals surface area (Å²) in [5.74, 6) is 0. The van der Waals surface area contributed by atoms with E-state index < -0.39 is 0 Å². The monoisotopic (exact) mass is 324 g/mol. The Hall–Kier alpha value is -2.33. The Morgan fingerprint density at radius 1 is 1.17 bits per heavy atom. The molecule has 0 bridgehead atoms. The summed E-state index contributed by atoms with van der Waals surface area (Å²) in [4.78, 5) is 14.6. The third-order valence-electron chi connectivity index (χ3n) is 4.50. The predicted octanol–water partition coefficient (Wildman–Crippen LogP) is 3.53. The average molecular weight is 324 g/mol. The SMILES string of the molecule is COCCN(Cc1ccccc1)C(=O)NC1CCc2ccccc21. The molecule has 1 aliphatic carbocycles. The van der Waals surface area contributed by atoms with Gasteiger partial charge in [-0.15, -0.1) is 0 Å². The molecule has 1 unspecified atom stereocenters. The van der Waals surface area contributed by atoms with E-state index in [4.69, 9.17) is 4.74 Å². The van der Waals surface area contributed by atoms with Gasteiger partial charge in [0.05, 0.1) is 12.6 Å². The molecular weight excluding hydrogens is 300 g/mol. The lowest BCUT2D eigenvalue weighted by atomic mass is 10.1. The van der Waals surface area contributed by atoms with Crippen molar-refractivity contribution >= 4 is 6.03 Å². The van der Waals surface area contributed by atoms with E-state index in [2.05, 4.69) is 23.5 Å². The lowest BCUT2D eigenvalue weighted by molar-refractivity contribution is 0.144. The highest BCUT2D eigenvalue weighted by Gasteiger charge is 2.25. The van der Waals surface area contributed by atoms with Gasteiger partial charge in [0.15, 0.2) is 0 Å². The van der Waals surface area contributed by atoms with Gasteiger partial charge in [-0.3, -0.25) is 0 Å². The summed E-state index contributed by atoms with van der Waals surface area (Å²) in [6.07, 6.45) is 1.99. The Balaban J connectivity index is 1.67. The second-order valence-electron chi connectivity index (χ2n) is 6.14. The summed E-state index contributed by atoms with van der Waals surface area (Å²) in [7, 11) is 1.66. The topological polar surface area (TPSA) is 41.6 Å². The zero-order chi connectivity index (χ0) is 16.8. The first-order valence-corrected chi connectivity index (χ1v) is 8.44. The number of hydrogen-bond acceptors (Lipinski definition) is 2. The molecule has 126 valence electrons. The van der Waals surface area contributed by atoms with Gasteiger partial charge in [-0.05, 0) is 29.5 Å². The largest absolute Gasteiger partial charge is 0.383 e. The third kappa shape index (κ3) is 3.95. The van der Waals surface area contributed by atoms with Crippen molar-refractivity contribution in [3.8, 4) is 0 Å². The molecule has 4 nitrogen and oxygen atoms in total. The lowest BCUT2D eigenvalue weighted by Gasteiger charge is -2.25. The number of methoxy groups -OCH3 is 1. The Kier molecular flexibility index (Phi) is 5.49. The first-order chi connectivity index (χ1) is 11.8. The molecule has 0 fully saturated rings. The minimum absolute atomic E-state index is 0.0300. The first kappa shape index (κ1) is 16.5. The Morgan fingerprint density at radius 3 is 2.71 bits per heavy atom. The van der Waals surface area contributed by atoms with Crippen LogP contribution in [0, 0.1) is 0 Å². The predicted molar refractivity (Wildman–Crippen MR) is 94.8 cm³/mol. The van der Waals surface area contributed by atoms with Crippen LogP contribution >= 0.6 is 0 Å². The highest BCUT2D eigenvalue weighted by molar-refractivity contribution is 5.75. The second kappa shape index (κ2) is 7.97. The van der Waals surface area contributed by atoms with Crippen LogP contribution in [0.4, 0.5) is 4.79 Å². The fraction of sp³-hybridized carbons (Fsp3) is 0.350. The molecule has 0 spiro atoms. The number of aryl methyl sites for hydroxylation is 1. The Morgan fingerprint density at radius 2 is 1.92 bits per heavy atom. The maximum absolute atomic E-state index is 12.8. The van der Waals surface area contributed by atoms with Gasteiger partial charge in [-0.2, -0.15) is 0 Å². The van der Waals surface area contributed by atoms with Crippen molar-refractivity contribution in [2.45, 2.75) is 25.4 Å². The van der Waals surface area contributed by atoms with Crippen molar-refractivity contribution in [1.82, 2.24) is 10.2 Å². The smallest absolute Gasteiger partial charge is 0.318 e. The normalized spacial score (nSPS) is 15.8. The molecule has 24 heavy (non-hydrogen) atoms. The molecule has 0 saturated heterocycles. The minimum Gasteiger partial charge on any atom is -0.383 e. The minimum atomic E-state index is -0.0300. The van der Waals surface area contributed by atoms with Crippen LogP contribution in [0.5, 0.6) is 0 Å². The van der Waals surface area contributed by atoms with Crippen LogP contribution in [-0.4, -0.2) is 31.2 Å². The maximum atomic E-state index is 12.8. The van der Waals surface area contributed by atoms with E-state index in [1.54, 1.807) is 7.11 Å². The van der Waals surface area contributed by atoms with Crippen LogP contribution in [0.2, 0.25) is 0 Å². The fourth-order valence-corrected chi connectivity index (χ4v) is 3.21. The Bertz CT molecular complexity index is 672. The number of hydrogen-bond donors (Lipinski definition) is 1. The molecule has 0 saturated carbocycles. The molecular formula is C20H24N2O2. The standard InChI is InChI=1S/C20H24N2O2/c1-24-14-13-22(15-16-7-3-2-4-8-16)20(23)21-19-12-11-17-9-5-6-10-18(17)19/h2-10,19H,11-15H2,1H3,(H,21,23). The van der Waals surface area contributed by atoms with Crippen molar-refractivity contribution < 1.29 is 9.53 Å². The van der Waals surface area contributed by atoms with Crippen molar-refractivity contribution in [2.24, 2.45) is 0 Å². The lowest BCUT2D eigenvalue weighted by Crippen LogP contribution is -2.42. The van der Waals surface area contributed by atoms with Crippen molar-refractivity contribution in [3.05, 3.63) is 71.3 Å². The van der Waals surface area contributed by atoms with Crippen LogP contribution in [-0.2, 0) is 17.7 Å². The number of benzene rings is 2. The molecule has 0 radical (unpaired) electrons. The van der Waals surface area contributed by atoms with Crippen LogP contribution in [0.15, 0.2) is 54.6 Å². The van der Waals surface area contributed by atoms with E-state index in [0.717, 1.165) is 18.4 Å². The summed E-state index contributed by atoms with van der Waals surface area (Å²) >= 11 is 0. The van der Waals surface area contributed by atoms with Gasteiger partial charge in [-0.1, -0.05) is 54.6 Å². The van der Waals surface area contributed by atoms with Gasteiger partial charge in [0.25, 0.3) is 0 Å². The molecule has 1 aliphatic rings. The molecule has 0 aliphatic heterocycles. The van der Waals surface area contributed by atoms with Gasteiger partial charge in [-0.25, -0.2) is 4.79 Å². The molecule has 0 aromatic heterocycles. The van der Waals surface area contributed by atoms with Crippen LogP contribution in [0.1, 0.15) is 29.2 Å². The summed E-state index contributed by atoms with van der Waals surface area (Å²) in [5.41, 5.74) is 3.71. The number of nitrogens with zero attached hydrogens (tertiary/aromatic N) is 1. The molecule has 2 aromatic carbocycles. The average Bonchev–Trinajstić information content (AvgIpc) is 3.02. The number of fused-ring (bicyclic) bond motifs is 1. The van der Waals surface area contributed by atoms with Gasteiger partial charge >= 0.3 is 6.03 Å². The van der Waals surface area contributed by atoms with E-state index in [1.807, 2.05) is 41.3 Å². The maximum Gasteiger partial charge on any atom is 0.318 e. The molecule has 3 rings (SSSR count). The van der Waals surface area contributed by atoms with Gasteiger partial charge in [0.2, 0.25) is 0 Å². The first-order valence-electron chi connectivity index (χ1n) is 8.44. The summed E-state index contributed by atoms with van der Waals surface area (Å²) < 4.78 is 5.16. The number of ether oxygens (including phenoxy) is 1. The zero-order valence-corrected chi connectivity index (χ0v) is 14.1. The van der Waals surface area contributed by atoms with Crippen LogP contribution < -0.4 is 5.32 Å². The number of rotatable bonds is 6. The number of urea groups is 1. The van der Waals surface area contributed by atoms with E-state index in [0.29, 0.717) is 19.7 Å². The van der Waals surface area contributed by atoms with Crippen molar-refractivity contribution in [2.75, 3.05) is 20.3 Å².